The van der Waals surface area contributed by atoms with Crippen LogP contribution in [0.2, 0.25) is 10.0 Å². The lowest BCUT2D eigenvalue weighted by Crippen LogP contribution is -2.17. The lowest BCUT2D eigenvalue weighted by atomic mass is 10.2. The predicted octanol–water partition coefficient (Wildman–Crippen LogP) is 3.08. The van der Waals surface area contributed by atoms with E-state index < -0.39 is 0 Å². The summed E-state index contributed by atoms with van der Waals surface area (Å²) in [7, 11) is 1.97. The minimum absolute atomic E-state index is 0.683. The second-order valence-corrected chi connectivity index (χ2v) is 4.57. The van der Waals surface area contributed by atoms with E-state index >= 15 is 0 Å². The van der Waals surface area contributed by atoms with Gasteiger partial charge in [-0.15, -0.1) is 0 Å². The second-order valence-electron chi connectivity index (χ2n) is 3.72. The lowest BCUT2D eigenvalue weighted by molar-refractivity contribution is 0.605. The van der Waals surface area contributed by atoms with Crippen LogP contribution < -0.4 is 10.6 Å². The van der Waals surface area contributed by atoms with Gasteiger partial charge in [-0.3, -0.25) is 0 Å². The molecular weight excluding hydrogens is 243 g/mol. The van der Waals surface area contributed by atoms with E-state index in [-0.39, 0.29) is 0 Å². The molecule has 1 aromatic carbocycles. The number of benzene rings is 1. The summed E-state index contributed by atoms with van der Waals surface area (Å²) in [6.45, 7) is 2.89. The van der Waals surface area contributed by atoms with Crippen molar-refractivity contribution in [3.05, 3.63) is 33.8 Å². The van der Waals surface area contributed by atoms with Crippen molar-refractivity contribution in [2.75, 3.05) is 20.1 Å². The topological polar surface area (TPSA) is 24.1 Å². The summed E-state index contributed by atoms with van der Waals surface area (Å²) >= 11 is 11.9. The molecule has 0 aliphatic rings. The summed E-state index contributed by atoms with van der Waals surface area (Å²) in [4.78, 5) is 0. The van der Waals surface area contributed by atoms with E-state index in [9.17, 15) is 0 Å². The summed E-state index contributed by atoms with van der Waals surface area (Å²) < 4.78 is 0. The van der Waals surface area contributed by atoms with Crippen LogP contribution in [0.4, 0.5) is 0 Å². The first-order valence-electron chi connectivity index (χ1n) is 5.53. The molecule has 4 heteroatoms. The first-order chi connectivity index (χ1) is 7.74. The van der Waals surface area contributed by atoms with Crippen molar-refractivity contribution in [2.24, 2.45) is 0 Å². The van der Waals surface area contributed by atoms with Gasteiger partial charge < -0.3 is 10.6 Å². The van der Waals surface area contributed by atoms with E-state index in [1.54, 1.807) is 6.07 Å². The molecule has 0 radical (unpaired) electrons. The van der Waals surface area contributed by atoms with Crippen LogP contribution in [-0.2, 0) is 6.54 Å². The average molecular weight is 261 g/mol. The van der Waals surface area contributed by atoms with Gasteiger partial charge in [0.05, 0.1) is 0 Å². The predicted molar refractivity (Wildman–Crippen MR) is 71.3 cm³/mol. The monoisotopic (exact) mass is 260 g/mol. The van der Waals surface area contributed by atoms with E-state index in [1.807, 2.05) is 19.2 Å². The summed E-state index contributed by atoms with van der Waals surface area (Å²) in [6, 6.07) is 5.61. The van der Waals surface area contributed by atoms with Gasteiger partial charge in [0.2, 0.25) is 0 Å². The highest BCUT2D eigenvalue weighted by molar-refractivity contribution is 6.35. The molecule has 1 rings (SSSR count). The minimum Gasteiger partial charge on any atom is -0.320 e. The van der Waals surface area contributed by atoms with Gasteiger partial charge >= 0.3 is 0 Å². The molecule has 0 bridgehead atoms. The van der Waals surface area contributed by atoms with Gasteiger partial charge in [0, 0.05) is 16.6 Å². The van der Waals surface area contributed by atoms with Crippen LogP contribution in [0, 0.1) is 0 Å². The third-order valence-electron chi connectivity index (χ3n) is 2.36. The molecule has 0 atom stereocenters. The maximum atomic E-state index is 6.06. The standard InChI is InChI=1S/C12H18Cl2N2/c1-15-6-2-3-7-16-9-10-4-5-11(13)8-12(10)14/h4-5,8,15-16H,2-3,6-7,9H2,1H3. The quantitative estimate of drug-likeness (QED) is 0.737. The lowest BCUT2D eigenvalue weighted by Gasteiger charge is -2.07. The fraction of sp³-hybridized carbons (Fsp3) is 0.500. The highest BCUT2D eigenvalue weighted by Gasteiger charge is 2.00. The Balaban J connectivity index is 2.21. The van der Waals surface area contributed by atoms with Gasteiger partial charge in [0.25, 0.3) is 0 Å². The molecule has 0 amide bonds. The molecule has 0 aromatic heterocycles. The smallest absolute Gasteiger partial charge is 0.0465 e. The van der Waals surface area contributed by atoms with Crippen LogP contribution in [0.3, 0.4) is 0 Å². The normalized spacial score (nSPS) is 10.7. The van der Waals surface area contributed by atoms with Crippen LogP contribution >= 0.6 is 23.2 Å². The Morgan fingerprint density at radius 1 is 1.12 bits per heavy atom. The van der Waals surface area contributed by atoms with Crippen LogP contribution in [0.15, 0.2) is 18.2 Å². The van der Waals surface area contributed by atoms with Crippen molar-refractivity contribution >= 4 is 23.2 Å². The van der Waals surface area contributed by atoms with Crippen molar-refractivity contribution < 1.29 is 0 Å². The van der Waals surface area contributed by atoms with Gasteiger partial charge in [-0.1, -0.05) is 29.3 Å². The summed E-state index contributed by atoms with van der Waals surface area (Å²) in [5.74, 6) is 0. The SMILES string of the molecule is CNCCCCNCc1ccc(Cl)cc1Cl. The molecule has 0 spiro atoms. The maximum Gasteiger partial charge on any atom is 0.0465 e. The first kappa shape index (κ1) is 13.8. The number of halogens is 2. The van der Waals surface area contributed by atoms with Crippen LogP contribution in [0.1, 0.15) is 18.4 Å². The third kappa shape index (κ3) is 5.17. The zero-order valence-corrected chi connectivity index (χ0v) is 11.0. The summed E-state index contributed by atoms with van der Waals surface area (Å²) in [5.41, 5.74) is 1.10. The van der Waals surface area contributed by atoms with Crippen molar-refractivity contribution in [1.82, 2.24) is 10.6 Å². The number of rotatable bonds is 7. The molecule has 0 unspecified atom stereocenters. The molecule has 0 saturated heterocycles. The molecule has 0 aliphatic heterocycles. The summed E-state index contributed by atoms with van der Waals surface area (Å²) in [5, 5.41) is 7.91. The number of hydrogen-bond donors (Lipinski definition) is 2. The molecule has 2 nitrogen and oxygen atoms in total. The first-order valence-corrected chi connectivity index (χ1v) is 6.29. The van der Waals surface area contributed by atoms with Gasteiger partial charge in [-0.2, -0.15) is 0 Å². The van der Waals surface area contributed by atoms with Crippen LogP contribution in [-0.4, -0.2) is 20.1 Å². The number of hydrogen-bond acceptors (Lipinski definition) is 2. The fourth-order valence-electron chi connectivity index (χ4n) is 1.44. The third-order valence-corrected chi connectivity index (χ3v) is 2.95. The Kier molecular flexibility index (Phi) is 6.81. The Morgan fingerprint density at radius 2 is 1.88 bits per heavy atom. The van der Waals surface area contributed by atoms with Crippen molar-refractivity contribution in [1.29, 1.82) is 0 Å². The summed E-state index contributed by atoms with van der Waals surface area (Å²) in [6.07, 6.45) is 2.36. The minimum atomic E-state index is 0.683. The van der Waals surface area contributed by atoms with Crippen molar-refractivity contribution in [3.63, 3.8) is 0 Å². The van der Waals surface area contributed by atoms with Crippen molar-refractivity contribution in [2.45, 2.75) is 19.4 Å². The molecule has 0 aliphatic carbocycles. The van der Waals surface area contributed by atoms with Gasteiger partial charge in [0.1, 0.15) is 0 Å². The molecule has 90 valence electrons. The Bertz CT molecular complexity index is 316. The molecule has 1 aromatic rings. The number of nitrogens with one attached hydrogen (secondary N) is 2. The molecule has 16 heavy (non-hydrogen) atoms. The van der Waals surface area contributed by atoms with E-state index in [4.69, 9.17) is 23.2 Å². The Morgan fingerprint density at radius 3 is 2.56 bits per heavy atom. The van der Waals surface area contributed by atoms with Crippen LogP contribution in [0.25, 0.3) is 0 Å². The largest absolute Gasteiger partial charge is 0.320 e. The Hall–Kier alpha value is -0.280. The van der Waals surface area contributed by atoms with Gasteiger partial charge in [-0.05, 0) is 50.7 Å². The molecule has 0 fully saturated rings. The van der Waals surface area contributed by atoms with E-state index in [0.717, 1.165) is 30.2 Å². The van der Waals surface area contributed by atoms with E-state index in [1.165, 1.54) is 12.8 Å². The average Bonchev–Trinajstić information content (AvgIpc) is 2.26. The second kappa shape index (κ2) is 7.91. The van der Waals surface area contributed by atoms with E-state index in [0.29, 0.717) is 5.02 Å². The number of unbranched alkanes of at least 4 members (excludes halogenated alkanes) is 1. The molecular formula is C12H18Cl2N2. The zero-order chi connectivity index (χ0) is 11.8. The Labute approximate surface area is 107 Å². The van der Waals surface area contributed by atoms with E-state index in [2.05, 4.69) is 10.6 Å². The van der Waals surface area contributed by atoms with Gasteiger partial charge in [-0.25, -0.2) is 0 Å². The zero-order valence-electron chi connectivity index (χ0n) is 9.52. The highest BCUT2D eigenvalue weighted by atomic mass is 35.5. The van der Waals surface area contributed by atoms with Gasteiger partial charge in [0.15, 0.2) is 0 Å². The van der Waals surface area contributed by atoms with Crippen LogP contribution in [0.5, 0.6) is 0 Å². The van der Waals surface area contributed by atoms with Crippen molar-refractivity contribution in [3.8, 4) is 0 Å². The fourth-order valence-corrected chi connectivity index (χ4v) is 1.92. The molecule has 0 saturated carbocycles. The molecule has 2 N–H and O–H groups in total. The molecule has 0 heterocycles. The highest BCUT2D eigenvalue weighted by Crippen LogP contribution is 2.20. The maximum absolute atomic E-state index is 6.06.